The second-order valence-corrected chi connectivity index (χ2v) is 7.39. The maximum Gasteiger partial charge on any atom is 0.309 e. The third-order valence-electron chi connectivity index (χ3n) is 4.69. The molecule has 3 aliphatic rings. The minimum Gasteiger partial charge on any atom is -0.461 e. The van der Waals surface area contributed by atoms with Gasteiger partial charge >= 0.3 is 17.9 Å². The summed E-state index contributed by atoms with van der Waals surface area (Å²) in [7, 11) is 0. The van der Waals surface area contributed by atoms with Crippen LogP contribution in [-0.2, 0) is 38.1 Å². The van der Waals surface area contributed by atoms with Crippen LogP contribution in [0.25, 0.3) is 0 Å². The second-order valence-electron chi connectivity index (χ2n) is 7.39. The molecular weight excluding hydrogens is 356 g/mol. The van der Waals surface area contributed by atoms with E-state index in [4.69, 9.17) is 23.7 Å². The Labute approximate surface area is 157 Å². The Hall–Kier alpha value is -2.35. The van der Waals surface area contributed by atoms with Gasteiger partial charge in [-0.15, -0.1) is 0 Å². The molecule has 4 atom stereocenters. The molecule has 0 aromatic carbocycles. The van der Waals surface area contributed by atoms with Crippen molar-refractivity contribution in [1.29, 1.82) is 0 Å². The molecule has 2 heterocycles. The standard InChI is InChI=1S/C19H24O8/c1-10(2)5-16(22)27-18-17-14(13(8-24-18)7-23-11(3)20)6-15(26-12(4)21)19(17)9-25-19/h6,8,10,15,17-18H,5,7,9H2,1-4H3/t15-,17+,18-,19+/m0/s1. The fourth-order valence-corrected chi connectivity index (χ4v) is 3.47. The van der Waals surface area contributed by atoms with E-state index >= 15 is 0 Å². The van der Waals surface area contributed by atoms with E-state index in [1.807, 2.05) is 13.8 Å². The Balaban J connectivity index is 1.85. The first-order valence-electron chi connectivity index (χ1n) is 8.93. The van der Waals surface area contributed by atoms with Crippen LogP contribution in [0.3, 0.4) is 0 Å². The number of ether oxygens (including phenoxy) is 5. The van der Waals surface area contributed by atoms with Gasteiger partial charge in [-0.05, 0) is 17.6 Å². The molecule has 1 aliphatic carbocycles. The Morgan fingerprint density at radius 1 is 1.22 bits per heavy atom. The number of fused-ring (bicyclic) bond motifs is 2. The third-order valence-corrected chi connectivity index (χ3v) is 4.69. The van der Waals surface area contributed by atoms with Gasteiger partial charge in [0, 0.05) is 25.8 Å². The quantitative estimate of drug-likeness (QED) is 0.389. The largest absolute Gasteiger partial charge is 0.461 e. The first-order chi connectivity index (χ1) is 12.7. The maximum absolute atomic E-state index is 12.2. The highest BCUT2D eigenvalue weighted by Gasteiger charge is 2.67. The van der Waals surface area contributed by atoms with Gasteiger partial charge in [-0.25, -0.2) is 0 Å². The SMILES string of the molecule is CC(=O)OCC1=CO[C@@H](OC(=O)CC(C)C)[C@H]2C1=C[C@H](OC(C)=O)[C@]21CO1. The van der Waals surface area contributed by atoms with Crippen molar-refractivity contribution < 1.29 is 38.1 Å². The van der Waals surface area contributed by atoms with Crippen LogP contribution in [0.1, 0.15) is 34.1 Å². The molecule has 0 aromatic heterocycles. The Kier molecular flexibility index (Phi) is 5.28. The van der Waals surface area contributed by atoms with Gasteiger partial charge in [0.1, 0.15) is 12.2 Å². The highest BCUT2D eigenvalue weighted by molar-refractivity contribution is 5.70. The summed E-state index contributed by atoms with van der Waals surface area (Å²) in [6, 6.07) is 0. The van der Waals surface area contributed by atoms with Crippen molar-refractivity contribution in [3.8, 4) is 0 Å². The van der Waals surface area contributed by atoms with Crippen LogP contribution >= 0.6 is 0 Å². The van der Waals surface area contributed by atoms with Gasteiger partial charge in [0.05, 0.1) is 18.8 Å². The molecular formula is C19H24O8. The molecule has 148 valence electrons. The molecule has 0 N–H and O–H groups in total. The predicted octanol–water partition coefficient (Wildman–Crippen LogP) is 1.64. The molecule has 1 spiro atoms. The average molecular weight is 380 g/mol. The lowest BCUT2D eigenvalue weighted by Gasteiger charge is -2.33. The summed E-state index contributed by atoms with van der Waals surface area (Å²) in [5.74, 6) is -1.56. The van der Waals surface area contributed by atoms with Crippen molar-refractivity contribution >= 4 is 17.9 Å². The van der Waals surface area contributed by atoms with Crippen molar-refractivity contribution in [1.82, 2.24) is 0 Å². The summed E-state index contributed by atoms with van der Waals surface area (Å²) in [5.41, 5.74) is 0.545. The van der Waals surface area contributed by atoms with Crippen LogP contribution in [-0.4, -0.2) is 49.1 Å². The first-order valence-corrected chi connectivity index (χ1v) is 8.93. The van der Waals surface area contributed by atoms with Crippen LogP contribution in [0.4, 0.5) is 0 Å². The first kappa shape index (κ1) is 19.4. The third kappa shape index (κ3) is 4.00. The lowest BCUT2D eigenvalue weighted by Crippen LogP contribution is -2.44. The number of esters is 3. The monoisotopic (exact) mass is 380 g/mol. The van der Waals surface area contributed by atoms with Crippen LogP contribution in [0, 0.1) is 11.8 Å². The number of carbonyl (C=O) groups excluding carboxylic acids is 3. The van der Waals surface area contributed by atoms with Gasteiger partial charge in [-0.1, -0.05) is 13.8 Å². The summed E-state index contributed by atoms with van der Waals surface area (Å²) in [5, 5.41) is 0. The fraction of sp³-hybridized carbons (Fsp3) is 0.632. The molecule has 1 fully saturated rings. The van der Waals surface area contributed by atoms with Crippen LogP contribution in [0.15, 0.2) is 23.5 Å². The maximum atomic E-state index is 12.2. The van der Waals surface area contributed by atoms with E-state index in [0.717, 1.165) is 5.57 Å². The van der Waals surface area contributed by atoms with Crippen LogP contribution in [0.2, 0.25) is 0 Å². The van der Waals surface area contributed by atoms with Gasteiger partial charge < -0.3 is 23.7 Å². The molecule has 0 amide bonds. The molecule has 8 nitrogen and oxygen atoms in total. The summed E-state index contributed by atoms with van der Waals surface area (Å²) in [6.07, 6.45) is 1.93. The van der Waals surface area contributed by atoms with E-state index in [0.29, 0.717) is 12.2 Å². The summed E-state index contributed by atoms with van der Waals surface area (Å²) < 4.78 is 27.4. The van der Waals surface area contributed by atoms with E-state index in [1.165, 1.54) is 20.1 Å². The summed E-state index contributed by atoms with van der Waals surface area (Å²) in [6.45, 7) is 6.83. The average Bonchev–Trinajstić information content (AvgIpc) is 3.26. The minimum atomic E-state index is -0.897. The van der Waals surface area contributed by atoms with Crippen molar-refractivity contribution in [2.24, 2.45) is 11.8 Å². The van der Waals surface area contributed by atoms with Gasteiger partial charge in [-0.3, -0.25) is 14.4 Å². The van der Waals surface area contributed by atoms with Gasteiger partial charge in [0.2, 0.25) is 0 Å². The normalized spacial score (nSPS) is 30.8. The lowest BCUT2D eigenvalue weighted by atomic mass is 9.85. The molecule has 0 radical (unpaired) electrons. The molecule has 0 unspecified atom stereocenters. The minimum absolute atomic E-state index is 0.00714. The van der Waals surface area contributed by atoms with Crippen molar-refractivity contribution in [2.75, 3.05) is 13.2 Å². The molecule has 8 heteroatoms. The van der Waals surface area contributed by atoms with E-state index in [9.17, 15) is 14.4 Å². The Morgan fingerprint density at radius 2 is 1.93 bits per heavy atom. The number of carbonyl (C=O) groups is 3. The van der Waals surface area contributed by atoms with Crippen LogP contribution in [0.5, 0.6) is 0 Å². The molecule has 0 aromatic rings. The zero-order chi connectivity index (χ0) is 19.8. The second kappa shape index (κ2) is 7.34. The van der Waals surface area contributed by atoms with E-state index < -0.39 is 35.9 Å². The topological polar surface area (TPSA) is 101 Å². The molecule has 2 aliphatic heterocycles. The molecule has 1 saturated heterocycles. The van der Waals surface area contributed by atoms with Crippen LogP contribution < -0.4 is 0 Å². The molecule has 0 saturated carbocycles. The highest BCUT2D eigenvalue weighted by atomic mass is 16.7. The summed E-state index contributed by atoms with van der Waals surface area (Å²) >= 11 is 0. The van der Waals surface area contributed by atoms with Gasteiger partial charge in [-0.2, -0.15) is 0 Å². The number of epoxide rings is 1. The number of hydrogen-bond acceptors (Lipinski definition) is 8. The molecule has 0 bridgehead atoms. The number of rotatable bonds is 6. The lowest BCUT2D eigenvalue weighted by molar-refractivity contribution is -0.186. The number of hydrogen-bond donors (Lipinski definition) is 0. The van der Waals surface area contributed by atoms with Crippen molar-refractivity contribution in [3.05, 3.63) is 23.5 Å². The predicted molar refractivity (Wildman–Crippen MR) is 90.9 cm³/mol. The van der Waals surface area contributed by atoms with Gasteiger partial charge in [0.25, 0.3) is 6.29 Å². The smallest absolute Gasteiger partial charge is 0.309 e. The zero-order valence-corrected chi connectivity index (χ0v) is 15.9. The molecule has 3 rings (SSSR count). The van der Waals surface area contributed by atoms with Gasteiger partial charge in [0.15, 0.2) is 6.10 Å². The van der Waals surface area contributed by atoms with E-state index in [1.54, 1.807) is 6.08 Å². The zero-order valence-electron chi connectivity index (χ0n) is 15.9. The fourth-order valence-electron chi connectivity index (χ4n) is 3.47. The van der Waals surface area contributed by atoms with Crippen molar-refractivity contribution in [2.45, 2.75) is 52.1 Å². The Bertz CT molecular complexity index is 700. The van der Waals surface area contributed by atoms with E-state index in [-0.39, 0.29) is 24.9 Å². The Morgan fingerprint density at radius 3 is 2.48 bits per heavy atom. The van der Waals surface area contributed by atoms with Crippen molar-refractivity contribution in [3.63, 3.8) is 0 Å². The molecule has 27 heavy (non-hydrogen) atoms. The summed E-state index contributed by atoms with van der Waals surface area (Å²) in [4.78, 5) is 34.8. The van der Waals surface area contributed by atoms with E-state index in [2.05, 4.69) is 0 Å². The highest BCUT2D eigenvalue weighted by Crippen LogP contribution is 2.54.